The minimum absolute atomic E-state index is 0.305. The molecule has 1 heterocycles. The number of hydrogen-bond acceptors (Lipinski definition) is 6. The molecule has 0 amide bonds. The molecule has 0 N–H and O–H groups in total. The summed E-state index contributed by atoms with van der Waals surface area (Å²) in [6.45, 7) is 1.78. The Morgan fingerprint density at radius 2 is 1.85 bits per heavy atom. The predicted molar refractivity (Wildman–Crippen MR) is 101 cm³/mol. The summed E-state index contributed by atoms with van der Waals surface area (Å²) in [4.78, 5) is 11.8. The molecule has 0 saturated carbocycles. The largest absolute Gasteiger partial charge is 0.497 e. The van der Waals surface area contributed by atoms with E-state index < -0.39 is 5.25 Å². The second-order valence-corrected chi connectivity index (χ2v) is 6.80. The third-order valence-electron chi connectivity index (χ3n) is 3.79. The summed E-state index contributed by atoms with van der Waals surface area (Å²) in [7, 11) is 3.00. The van der Waals surface area contributed by atoms with E-state index in [9.17, 15) is 4.79 Å². The van der Waals surface area contributed by atoms with E-state index in [1.807, 2.05) is 59.2 Å². The number of hydrogen-bond donors (Lipinski definition) is 0. The van der Waals surface area contributed by atoms with Crippen molar-refractivity contribution in [2.45, 2.75) is 17.3 Å². The van der Waals surface area contributed by atoms with Crippen LogP contribution >= 0.6 is 11.8 Å². The van der Waals surface area contributed by atoms with Gasteiger partial charge in [0.05, 0.1) is 14.2 Å². The molecule has 0 aliphatic heterocycles. The Labute approximate surface area is 156 Å². The molecule has 0 radical (unpaired) electrons. The number of rotatable bonds is 6. The lowest BCUT2D eigenvalue weighted by Crippen LogP contribution is -2.15. The number of benzene rings is 2. The first kappa shape index (κ1) is 18.0. The number of methoxy groups -OCH3 is 2. The number of ether oxygens (including phenoxy) is 2. The smallest absolute Gasteiger partial charge is 0.318 e. The van der Waals surface area contributed by atoms with Crippen LogP contribution in [0, 0.1) is 0 Å². The van der Waals surface area contributed by atoms with E-state index in [4.69, 9.17) is 9.47 Å². The molecule has 0 aliphatic rings. The summed E-state index contributed by atoms with van der Waals surface area (Å²) >= 11 is 1.31. The van der Waals surface area contributed by atoms with E-state index in [0.29, 0.717) is 11.0 Å². The van der Waals surface area contributed by atoms with E-state index in [2.05, 4.69) is 10.2 Å². The van der Waals surface area contributed by atoms with Crippen LogP contribution < -0.4 is 4.74 Å². The Morgan fingerprint density at radius 3 is 2.54 bits per heavy atom. The second-order valence-electron chi connectivity index (χ2n) is 5.49. The number of carbonyl (C=O) groups excluding carboxylic acids is 1. The Morgan fingerprint density at radius 1 is 1.08 bits per heavy atom. The van der Waals surface area contributed by atoms with Crippen molar-refractivity contribution in [3.05, 3.63) is 54.6 Å². The van der Waals surface area contributed by atoms with Gasteiger partial charge in [-0.2, -0.15) is 0 Å². The molecule has 0 saturated heterocycles. The van der Waals surface area contributed by atoms with Crippen molar-refractivity contribution in [2.75, 3.05) is 14.2 Å². The zero-order valence-corrected chi connectivity index (χ0v) is 15.6. The van der Waals surface area contributed by atoms with Gasteiger partial charge in [0.25, 0.3) is 0 Å². The van der Waals surface area contributed by atoms with Crippen LogP contribution in [0.25, 0.3) is 17.1 Å². The molecular weight excluding hydrogens is 350 g/mol. The second kappa shape index (κ2) is 8.05. The first-order valence-electron chi connectivity index (χ1n) is 8.03. The molecule has 0 spiro atoms. The Hall–Kier alpha value is -2.80. The van der Waals surface area contributed by atoms with Crippen LogP contribution in [0.5, 0.6) is 5.75 Å². The average molecular weight is 369 g/mol. The van der Waals surface area contributed by atoms with Gasteiger partial charge in [0.1, 0.15) is 11.0 Å². The van der Waals surface area contributed by atoms with Crippen LogP contribution in [0.1, 0.15) is 6.92 Å². The van der Waals surface area contributed by atoms with Crippen LogP contribution in [0.15, 0.2) is 59.8 Å². The molecule has 3 rings (SSSR count). The third-order valence-corrected chi connectivity index (χ3v) is 4.81. The lowest BCUT2D eigenvalue weighted by molar-refractivity contribution is -0.139. The first-order valence-corrected chi connectivity index (χ1v) is 8.91. The van der Waals surface area contributed by atoms with E-state index in [1.165, 1.54) is 18.9 Å². The molecule has 6 nitrogen and oxygen atoms in total. The van der Waals surface area contributed by atoms with Gasteiger partial charge in [0.2, 0.25) is 0 Å². The van der Waals surface area contributed by atoms with Crippen molar-refractivity contribution < 1.29 is 14.3 Å². The fourth-order valence-corrected chi connectivity index (χ4v) is 3.37. The van der Waals surface area contributed by atoms with Gasteiger partial charge in [-0.3, -0.25) is 9.36 Å². The van der Waals surface area contributed by atoms with Crippen molar-refractivity contribution >= 4 is 17.7 Å². The van der Waals surface area contributed by atoms with Crippen LogP contribution in [-0.2, 0) is 9.53 Å². The van der Waals surface area contributed by atoms with Crippen LogP contribution in [0.4, 0.5) is 0 Å². The van der Waals surface area contributed by atoms with Crippen molar-refractivity contribution in [3.8, 4) is 22.8 Å². The molecular formula is C19H19N3O3S. The highest BCUT2D eigenvalue weighted by atomic mass is 32.2. The number of esters is 1. The molecule has 1 atom stereocenters. The van der Waals surface area contributed by atoms with E-state index in [0.717, 1.165) is 17.0 Å². The van der Waals surface area contributed by atoms with Gasteiger partial charge in [0.15, 0.2) is 11.0 Å². The van der Waals surface area contributed by atoms with Gasteiger partial charge in [-0.1, -0.05) is 42.1 Å². The van der Waals surface area contributed by atoms with Crippen LogP contribution in [0.2, 0.25) is 0 Å². The Kier molecular flexibility index (Phi) is 5.58. The quantitative estimate of drug-likeness (QED) is 0.489. The van der Waals surface area contributed by atoms with Crippen LogP contribution in [0.3, 0.4) is 0 Å². The van der Waals surface area contributed by atoms with Gasteiger partial charge >= 0.3 is 5.97 Å². The van der Waals surface area contributed by atoms with Gasteiger partial charge in [-0.15, -0.1) is 10.2 Å². The molecule has 7 heteroatoms. The standard InChI is InChI=1S/C19H19N3O3S/c1-13(18(23)25-3)26-19-21-20-17(14-8-7-11-16(12-14)24-2)22(19)15-9-5-4-6-10-15/h4-13H,1-3H3/t13-/m0/s1. The summed E-state index contributed by atoms with van der Waals surface area (Å²) in [6, 6.07) is 17.4. The van der Waals surface area contributed by atoms with Gasteiger partial charge < -0.3 is 9.47 Å². The molecule has 0 unspecified atom stereocenters. The number of carbonyl (C=O) groups is 1. The highest BCUT2D eigenvalue weighted by molar-refractivity contribution is 8.00. The fourth-order valence-electron chi connectivity index (χ4n) is 2.48. The zero-order valence-electron chi connectivity index (χ0n) is 14.7. The number of aromatic nitrogens is 3. The molecule has 0 aliphatic carbocycles. The molecule has 3 aromatic rings. The lowest BCUT2D eigenvalue weighted by atomic mass is 10.2. The number of thioether (sulfide) groups is 1. The monoisotopic (exact) mass is 369 g/mol. The maximum atomic E-state index is 11.8. The van der Waals surface area contributed by atoms with Crippen molar-refractivity contribution in [3.63, 3.8) is 0 Å². The van der Waals surface area contributed by atoms with Crippen molar-refractivity contribution in [1.29, 1.82) is 0 Å². The fraction of sp³-hybridized carbons (Fsp3) is 0.211. The number of para-hydroxylation sites is 1. The third kappa shape index (κ3) is 3.72. The first-order chi connectivity index (χ1) is 12.6. The lowest BCUT2D eigenvalue weighted by Gasteiger charge is -2.12. The zero-order chi connectivity index (χ0) is 18.5. The predicted octanol–water partition coefficient (Wildman–Crippen LogP) is 3.60. The average Bonchev–Trinajstić information content (AvgIpc) is 3.11. The molecule has 1 aromatic heterocycles. The minimum Gasteiger partial charge on any atom is -0.497 e. The topological polar surface area (TPSA) is 66.2 Å². The van der Waals surface area contributed by atoms with Gasteiger partial charge in [0, 0.05) is 11.3 Å². The normalized spacial score (nSPS) is 11.8. The molecule has 134 valence electrons. The highest BCUT2D eigenvalue weighted by Crippen LogP contribution is 2.31. The maximum absolute atomic E-state index is 11.8. The summed E-state index contributed by atoms with van der Waals surface area (Å²) < 4.78 is 12.1. The van der Waals surface area contributed by atoms with Gasteiger partial charge in [-0.25, -0.2) is 0 Å². The Balaban J connectivity index is 2.09. The molecule has 0 fully saturated rings. The van der Waals surface area contributed by atoms with Gasteiger partial charge in [-0.05, 0) is 31.2 Å². The molecule has 26 heavy (non-hydrogen) atoms. The highest BCUT2D eigenvalue weighted by Gasteiger charge is 2.22. The molecule has 0 bridgehead atoms. The van der Waals surface area contributed by atoms with E-state index in [1.54, 1.807) is 14.0 Å². The van der Waals surface area contributed by atoms with E-state index in [-0.39, 0.29) is 5.97 Å². The summed E-state index contributed by atoms with van der Waals surface area (Å²) in [5.74, 6) is 1.11. The van der Waals surface area contributed by atoms with Crippen LogP contribution in [-0.4, -0.2) is 40.2 Å². The minimum atomic E-state index is -0.398. The van der Waals surface area contributed by atoms with E-state index >= 15 is 0 Å². The number of nitrogens with zero attached hydrogens (tertiary/aromatic N) is 3. The summed E-state index contributed by atoms with van der Waals surface area (Å²) in [5, 5.41) is 8.89. The maximum Gasteiger partial charge on any atom is 0.318 e. The van der Waals surface area contributed by atoms with Crippen molar-refractivity contribution in [1.82, 2.24) is 14.8 Å². The summed E-state index contributed by atoms with van der Waals surface area (Å²) in [6.07, 6.45) is 0. The molecule has 2 aromatic carbocycles. The SMILES string of the molecule is COC(=O)[C@H](C)Sc1nnc(-c2cccc(OC)c2)n1-c1ccccc1. The van der Waals surface area contributed by atoms with Crippen molar-refractivity contribution in [2.24, 2.45) is 0 Å². The Bertz CT molecular complexity index is 896. The summed E-state index contributed by atoms with van der Waals surface area (Å²) in [5.41, 5.74) is 1.79.